The van der Waals surface area contributed by atoms with Gasteiger partial charge in [0.15, 0.2) is 0 Å². The number of ether oxygens (including phenoxy) is 1. The largest absolute Gasteiger partial charge is 0.396 e. The van der Waals surface area contributed by atoms with Gasteiger partial charge in [0.05, 0.1) is 18.8 Å². The lowest BCUT2D eigenvalue weighted by Gasteiger charge is -2.29. The third-order valence-corrected chi connectivity index (χ3v) is 4.71. The molecule has 112 valence electrons. The summed E-state index contributed by atoms with van der Waals surface area (Å²) in [5.74, 6) is 0.623. The van der Waals surface area contributed by atoms with E-state index in [4.69, 9.17) is 4.74 Å². The molecule has 2 aliphatic rings. The zero-order chi connectivity index (χ0) is 13.7. The Labute approximate surface area is 116 Å². The molecule has 0 aromatic rings. The topological polar surface area (TPSA) is 61.7 Å². The van der Waals surface area contributed by atoms with Crippen LogP contribution in [0.25, 0.3) is 0 Å². The molecule has 4 heteroatoms. The molecule has 0 spiro atoms. The fourth-order valence-electron chi connectivity index (χ4n) is 2.89. The van der Waals surface area contributed by atoms with Crippen LogP contribution in [0.3, 0.4) is 0 Å². The number of rotatable bonds is 8. The first-order chi connectivity index (χ1) is 9.15. The molecule has 0 bridgehead atoms. The van der Waals surface area contributed by atoms with E-state index in [1.54, 1.807) is 0 Å². The van der Waals surface area contributed by atoms with E-state index in [2.05, 4.69) is 12.2 Å². The Bertz CT molecular complexity index is 268. The molecule has 19 heavy (non-hydrogen) atoms. The van der Waals surface area contributed by atoms with Crippen molar-refractivity contribution in [3.63, 3.8) is 0 Å². The van der Waals surface area contributed by atoms with Crippen LogP contribution in [0.5, 0.6) is 0 Å². The van der Waals surface area contributed by atoms with Crippen molar-refractivity contribution < 1.29 is 14.9 Å². The summed E-state index contributed by atoms with van der Waals surface area (Å²) in [7, 11) is 0. The molecule has 2 rings (SSSR count). The zero-order valence-electron chi connectivity index (χ0n) is 12.1. The Balaban J connectivity index is 1.55. The molecule has 0 amide bonds. The summed E-state index contributed by atoms with van der Waals surface area (Å²) >= 11 is 0. The van der Waals surface area contributed by atoms with Crippen LogP contribution in [0.15, 0.2) is 0 Å². The normalized spacial score (nSPS) is 31.1. The number of hydrogen-bond acceptors (Lipinski definition) is 4. The lowest BCUT2D eigenvalue weighted by atomic mass is 9.88. The maximum absolute atomic E-state index is 9.91. The molecule has 0 aromatic carbocycles. The first kappa shape index (κ1) is 15.2. The quantitative estimate of drug-likeness (QED) is 0.623. The van der Waals surface area contributed by atoms with Crippen molar-refractivity contribution in [2.75, 3.05) is 26.3 Å². The minimum Gasteiger partial charge on any atom is -0.396 e. The molecular weight excluding hydrogens is 242 g/mol. The first-order valence-electron chi connectivity index (χ1n) is 7.76. The molecule has 2 aliphatic carbocycles. The van der Waals surface area contributed by atoms with Crippen LogP contribution in [0, 0.1) is 11.3 Å². The summed E-state index contributed by atoms with van der Waals surface area (Å²) < 4.78 is 5.84. The summed E-state index contributed by atoms with van der Waals surface area (Å²) in [6.07, 6.45) is 7.04. The molecule has 0 aromatic heterocycles. The second-order valence-electron chi connectivity index (χ2n) is 6.58. The molecule has 0 saturated heterocycles. The molecule has 0 heterocycles. The third kappa shape index (κ3) is 4.71. The second-order valence-corrected chi connectivity index (χ2v) is 6.58. The standard InChI is InChI=1S/C15H29NO3/c1-12-4-2-3-5-14(12)19-9-13(18)8-16-10-15(11-17)6-7-15/h12-14,16-18H,2-11H2,1H3. The van der Waals surface area contributed by atoms with Crippen LogP contribution in [-0.4, -0.2) is 48.7 Å². The van der Waals surface area contributed by atoms with Gasteiger partial charge in [0.1, 0.15) is 0 Å². The molecule has 0 radical (unpaired) electrons. The van der Waals surface area contributed by atoms with Crippen LogP contribution in [0.1, 0.15) is 45.4 Å². The summed E-state index contributed by atoms with van der Waals surface area (Å²) in [6.45, 7) is 4.29. The fourth-order valence-corrected chi connectivity index (χ4v) is 2.89. The molecule has 3 atom stereocenters. The number of aliphatic hydroxyl groups excluding tert-OH is 2. The van der Waals surface area contributed by atoms with Gasteiger partial charge in [-0.05, 0) is 31.6 Å². The van der Waals surface area contributed by atoms with Gasteiger partial charge in [-0.25, -0.2) is 0 Å². The summed E-state index contributed by atoms with van der Waals surface area (Å²) in [5, 5.41) is 22.4. The van der Waals surface area contributed by atoms with Crippen molar-refractivity contribution in [3.05, 3.63) is 0 Å². The van der Waals surface area contributed by atoms with Crippen molar-refractivity contribution in [1.82, 2.24) is 5.32 Å². The molecule has 2 fully saturated rings. The lowest BCUT2D eigenvalue weighted by molar-refractivity contribution is -0.0454. The second kappa shape index (κ2) is 7.02. The van der Waals surface area contributed by atoms with Crippen LogP contribution in [0.2, 0.25) is 0 Å². The van der Waals surface area contributed by atoms with Crippen molar-refractivity contribution in [1.29, 1.82) is 0 Å². The predicted molar refractivity (Wildman–Crippen MR) is 75.0 cm³/mol. The van der Waals surface area contributed by atoms with Gasteiger partial charge in [-0.1, -0.05) is 19.8 Å². The van der Waals surface area contributed by atoms with Gasteiger partial charge in [-0.2, -0.15) is 0 Å². The molecule has 3 N–H and O–H groups in total. The number of aliphatic hydroxyl groups is 2. The Morgan fingerprint density at radius 3 is 2.68 bits per heavy atom. The van der Waals surface area contributed by atoms with Crippen LogP contribution in [0.4, 0.5) is 0 Å². The van der Waals surface area contributed by atoms with Crippen LogP contribution < -0.4 is 5.32 Å². The third-order valence-electron chi connectivity index (χ3n) is 4.71. The maximum Gasteiger partial charge on any atom is 0.0897 e. The SMILES string of the molecule is CC1CCCCC1OCC(O)CNCC1(CO)CC1. The highest BCUT2D eigenvalue weighted by Gasteiger charge is 2.41. The molecular formula is C15H29NO3. The van der Waals surface area contributed by atoms with Crippen molar-refractivity contribution >= 4 is 0 Å². The van der Waals surface area contributed by atoms with Crippen molar-refractivity contribution in [2.24, 2.45) is 11.3 Å². The molecule has 4 nitrogen and oxygen atoms in total. The fraction of sp³-hybridized carbons (Fsp3) is 1.00. The average Bonchev–Trinajstić information content (AvgIpc) is 3.18. The highest BCUT2D eigenvalue weighted by molar-refractivity contribution is 4.94. The predicted octanol–water partition coefficient (Wildman–Crippen LogP) is 1.30. The summed E-state index contributed by atoms with van der Waals surface area (Å²) in [6, 6.07) is 0. The van der Waals surface area contributed by atoms with Gasteiger partial charge < -0.3 is 20.3 Å². The van der Waals surface area contributed by atoms with Crippen LogP contribution >= 0.6 is 0 Å². The maximum atomic E-state index is 9.91. The Morgan fingerprint density at radius 2 is 2.05 bits per heavy atom. The van der Waals surface area contributed by atoms with Gasteiger partial charge >= 0.3 is 0 Å². The summed E-state index contributed by atoms with van der Waals surface area (Å²) in [5.41, 5.74) is 0.110. The molecule has 3 unspecified atom stereocenters. The minimum absolute atomic E-state index is 0.110. The number of nitrogens with one attached hydrogen (secondary N) is 1. The van der Waals surface area contributed by atoms with E-state index in [1.807, 2.05) is 0 Å². The molecule has 0 aliphatic heterocycles. The Hall–Kier alpha value is -0.160. The van der Waals surface area contributed by atoms with E-state index in [0.29, 0.717) is 25.2 Å². The monoisotopic (exact) mass is 271 g/mol. The van der Waals surface area contributed by atoms with E-state index >= 15 is 0 Å². The van der Waals surface area contributed by atoms with Gasteiger partial charge in [-0.15, -0.1) is 0 Å². The van der Waals surface area contributed by atoms with Gasteiger partial charge in [-0.3, -0.25) is 0 Å². The zero-order valence-corrected chi connectivity index (χ0v) is 12.1. The smallest absolute Gasteiger partial charge is 0.0897 e. The highest BCUT2D eigenvalue weighted by Crippen LogP contribution is 2.44. The number of hydrogen-bond donors (Lipinski definition) is 3. The van der Waals surface area contributed by atoms with E-state index < -0.39 is 6.10 Å². The Kier molecular flexibility index (Phi) is 5.63. The minimum atomic E-state index is -0.441. The van der Waals surface area contributed by atoms with E-state index in [-0.39, 0.29) is 12.0 Å². The van der Waals surface area contributed by atoms with E-state index in [9.17, 15) is 10.2 Å². The summed E-state index contributed by atoms with van der Waals surface area (Å²) in [4.78, 5) is 0. The Morgan fingerprint density at radius 1 is 1.32 bits per heavy atom. The van der Waals surface area contributed by atoms with Crippen molar-refractivity contribution in [2.45, 2.75) is 57.7 Å². The van der Waals surface area contributed by atoms with E-state index in [1.165, 1.54) is 19.3 Å². The first-order valence-corrected chi connectivity index (χ1v) is 7.76. The van der Waals surface area contributed by atoms with Gasteiger partial charge in [0.25, 0.3) is 0 Å². The van der Waals surface area contributed by atoms with Gasteiger partial charge in [0, 0.05) is 25.1 Å². The van der Waals surface area contributed by atoms with Gasteiger partial charge in [0.2, 0.25) is 0 Å². The lowest BCUT2D eigenvalue weighted by Crippen LogP contribution is -2.37. The van der Waals surface area contributed by atoms with Crippen LogP contribution in [-0.2, 0) is 4.74 Å². The molecule has 2 saturated carbocycles. The highest BCUT2D eigenvalue weighted by atomic mass is 16.5. The van der Waals surface area contributed by atoms with Crippen molar-refractivity contribution in [3.8, 4) is 0 Å². The average molecular weight is 271 g/mol. The van der Waals surface area contributed by atoms with E-state index in [0.717, 1.165) is 25.8 Å².